The molecule has 2 rings (SSSR count). The van der Waals surface area contributed by atoms with Crippen LogP contribution in [-0.4, -0.2) is 19.0 Å². The van der Waals surface area contributed by atoms with Gasteiger partial charge in [0, 0.05) is 10.7 Å². The number of halogens is 1. The lowest BCUT2D eigenvalue weighted by atomic mass is 9.90. The first-order valence-corrected chi connectivity index (χ1v) is 7.65. The van der Waals surface area contributed by atoms with Crippen LogP contribution in [0.5, 0.6) is 11.5 Å². The summed E-state index contributed by atoms with van der Waals surface area (Å²) in [5.41, 5.74) is 1.51. The van der Waals surface area contributed by atoms with Crippen molar-refractivity contribution < 1.29 is 9.47 Å². The summed E-state index contributed by atoms with van der Waals surface area (Å²) in [6, 6.07) is 6.09. The molecule has 1 aromatic rings. The Labute approximate surface area is 118 Å². The zero-order chi connectivity index (χ0) is 13.0. The van der Waals surface area contributed by atoms with Gasteiger partial charge in [-0.05, 0) is 37.5 Å². The molecular weight excluding hydrogens is 292 g/mol. The van der Waals surface area contributed by atoms with Crippen molar-refractivity contribution in [2.45, 2.75) is 32.6 Å². The normalized spacial score (nSPS) is 17.7. The molecule has 1 aliphatic carbocycles. The summed E-state index contributed by atoms with van der Waals surface area (Å²) < 4.78 is 11.4. The molecule has 0 bridgehead atoms. The van der Waals surface area contributed by atoms with E-state index in [1.807, 2.05) is 12.1 Å². The molecule has 0 spiro atoms. The number of alkyl halides is 1. The summed E-state index contributed by atoms with van der Waals surface area (Å²) in [6.45, 7) is 2.83. The van der Waals surface area contributed by atoms with E-state index >= 15 is 0 Å². The fourth-order valence-electron chi connectivity index (χ4n) is 2.57. The van der Waals surface area contributed by atoms with Crippen molar-refractivity contribution in [3.05, 3.63) is 23.8 Å². The van der Waals surface area contributed by atoms with E-state index in [2.05, 4.69) is 28.9 Å². The highest BCUT2D eigenvalue weighted by molar-refractivity contribution is 9.09. The van der Waals surface area contributed by atoms with E-state index in [1.165, 1.54) is 31.2 Å². The molecule has 0 aliphatic heterocycles. The predicted octanol–water partition coefficient (Wildman–Crippen LogP) is 4.34. The van der Waals surface area contributed by atoms with Gasteiger partial charge < -0.3 is 9.47 Å². The minimum atomic E-state index is 0.315. The minimum Gasteiger partial charge on any atom is -0.493 e. The summed E-state index contributed by atoms with van der Waals surface area (Å²) in [4.78, 5) is 0. The first-order valence-electron chi connectivity index (χ1n) is 6.52. The molecule has 0 radical (unpaired) electrons. The van der Waals surface area contributed by atoms with Crippen LogP contribution in [0.2, 0.25) is 0 Å². The van der Waals surface area contributed by atoms with Crippen molar-refractivity contribution in [1.29, 1.82) is 0 Å². The van der Waals surface area contributed by atoms with Crippen molar-refractivity contribution in [1.82, 2.24) is 0 Å². The standard InChI is InChI=1S/C15H21BrO2/c1-12-5-6-13(14(9-12)17-2)18-11-15(10-16)7-3-4-8-15/h5-6,9H,3-4,7-8,10-11H2,1-2H3. The topological polar surface area (TPSA) is 18.5 Å². The van der Waals surface area contributed by atoms with Gasteiger partial charge in [0.05, 0.1) is 13.7 Å². The lowest BCUT2D eigenvalue weighted by molar-refractivity contribution is 0.169. The molecule has 1 fully saturated rings. The Balaban J connectivity index is 2.05. The van der Waals surface area contributed by atoms with Gasteiger partial charge in [-0.2, -0.15) is 0 Å². The molecule has 0 heterocycles. The Kier molecular flexibility index (Phi) is 4.55. The molecular formula is C15H21BrO2. The van der Waals surface area contributed by atoms with Gasteiger partial charge in [-0.15, -0.1) is 0 Å². The molecule has 0 amide bonds. The van der Waals surface area contributed by atoms with E-state index < -0.39 is 0 Å². The highest BCUT2D eigenvalue weighted by Gasteiger charge is 2.33. The van der Waals surface area contributed by atoms with Gasteiger partial charge in [0.15, 0.2) is 11.5 Å². The van der Waals surface area contributed by atoms with Gasteiger partial charge in [0.2, 0.25) is 0 Å². The molecule has 0 unspecified atom stereocenters. The van der Waals surface area contributed by atoms with Gasteiger partial charge in [0.25, 0.3) is 0 Å². The number of hydrogen-bond donors (Lipinski definition) is 0. The lowest BCUT2D eigenvalue weighted by Crippen LogP contribution is -2.27. The number of aryl methyl sites for hydroxylation is 1. The number of benzene rings is 1. The van der Waals surface area contributed by atoms with Gasteiger partial charge in [-0.25, -0.2) is 0 Å². The van der Waals surface area contributed by atoms with E-state index in [1.54, 1.807) is 7.11 Å². The highest BCUT2D eigenvalue weighted by atomic mass is 79.9. The maximum Gasteiger partial charge on any atom is 0.161 e. The summed E-state index contributed by atoms with van der Waals surface area (Å²) in [6.07, 6.45) is 5.15. The average Bonchev–Trinajstić information content (AvgIpc) is 2.86. The zero-order valence-corrected chi connectivity index (χ0v) is 12.8. The largest absolute Gasteiger partial charge is 0.493 e. The Morgan fingerprint density at radius 2 is 1.94 bits per heavy atom. The fraction of sp³-hybridized carbons (Fsp3) is 0.600. The number of methoxy groups -OCH3 is 1. The second-order valence-electron chi connectivity index (χ2n) is 5.28. The molecule has 1 aromatic carbocycles. The second-order valence-corrected chi connectivity index (χ2v) is 5.84. The Bertz CT molecular complexity index is 397. The van der Waals surface area contributed by atoms with E-state index in [-0.39, 0.29) is 0 Å². The summed E-state index contributed by atoms with van der Waals surface area (Å²) in [5.74, 6) is 1.69. The molecule has 2 nitrogen and oxygen atoms in total. The van der Waals surface area contributed by atoms with Crippen LogP contribution in [0, 0.1) is 12.3 Å². The first kappa shape index (κ1) is 13.7. The zero-order valence-electron chi connectivity index (χ0n) is 11.2. The maximum absolute atomic E-state index is 6.01. The van der Waals surface area contributed by atoms with E-state index in [9.17, 15) is 0 Å². The van der Waals surface area contributed by atoms with Crippen LogP contribution in [0.3, 0.4) is 0 Å². The van der Waals surface area contributed by atoms with E-state index in [0.29, 0.717) is 5.41 Å². The van der Waals surface area contributed by atoms with Crippen LogP contribution in [-0.2, 0) is 0 Å². The van der Waals surface area contributed by atoms with Crippen LogP contribution in [0.15, 0.2) is 18.2 Å². The van der Waals surface area contributed by atoms with E-state index in [0.717, 1.165) is 23.4 Å². The number of rotatable bonds is 5. The summed E-state index contributed by atoms with van der Waals surface area (Å²) >= 11 is 3.64. The van der Waals surface area contributed by atoms with Crippen molar-refractivity contribution in [3.63, 3.8) is 0 Å². The first-order chi connectivity index (χ1) is 8.69. The maximum atomic E-state index is 6.01. The van der Waals surface area contributed by atoms with Crippen LogP contribution in [0.25, 0.3) is 0 Å². The molecule has 0 atom stereocenters. The molecule has 1 saturated carbocycles. The van der Waals surface area contributed by atoms with Crippen LogP contribution >= 0.6 is 15.9 Å². The molecule has 100 valence electrons. The smallest absolute Gasteiger partial charge is 0.161 e. The van der Waals surface area contributed by atoms with Crippen LogP contribution in [0.1, 0.15) is 31.2 Å². The third-order valence-electron chi connectivity index (χ3n) is 3.80. The minimum absolute atomic E-state index is 0.315. The molecule has 3 heteroatoms. The van der Waals surface area contributed by atoms with Gasteiger partial charge in [-0.3, -0.25) is 0 Å². The van der Waals surface area contributed by atoms with Crippen LogP contribution < -0.4 is 9.47 Å². The fourth-order valence-corrected chi connectivity index (χ4v) is 3.29. The third kappa shape index (κ3) is 3.00. The van der Waals surface area contributed by atoms with Crippen molar-refractivity contribution in [2.24, 2.45) is 5.41 Å². The van der Waals surface area contributed by atoms with E-state index in [4.69, 9.17) is 9.47 Å². The Morgan fingerprint density at radius 3 is 2.56 bits per heavy atom. The van der Waals surface area contributed by atoms with Gasteiger partial charge in [0.1, 0.15) is 0 Å². The average molecular weight is 313 g/mol. The van der Waals surface area contributed by atoms with Crippen molar-refractivity contribution in [3.8, 4) is 11.5 Å². The monoisotopic (exact) mass is 312 g/mol. The molecule has 1 aliphatic rings. The quantitative estimate of drug-likeness (QED) is 0.753. The lowest BCUT2D eigenvalue weighted by Gasteiger charge is -2.26. The molecule has 0 aromatic heterocycles. The van der Waals surface area contributed by atoms with Crippen LogP contribution in [0.4, 0.5) is 0 Å². The molecule has 18 heavy (non-hydrogen) atoms. The number of hydrogen-bond acceptors (Lipinski definition) is 2. The SMILES string of the molecule is COc1cc(C)ccc1OCC1(CBr)CCCC1. The predicted molar refractivity (Wildman–Crippen MR) is 77.9 cm³/mol. The van der Waals surface area contributed by atoms with Crippen molar-refractivity contribution in [2.75, 3.05) is 19.0 Å². The second kappa shape index (κ2) is 5.96. The van der Waals surface area contributed by atoms with Crippen molar-refractivity contribution >= 4 is 15.9 Å². The molecule has 0 saturated heterocycles. The summed E-state index contributed by atoms with van der Waals surface area (Å²) in [5, 5.41) is 1.02. The highest BCUT2D eigenvalue weighted by Crippen LogP contribution is 2.40. The summed E-state index contributed by atoms with van der Waals surface area (Å²) in [7, 11) is 1.69. The van der Waals surface area contributed by atoms with Gasteiger partial charge >= 0.3 is 0 Å². The number of ether oxygens (including phenoxy) is 2. The van der Waals surface area contributed by atoms with Gasteiger partial charge in [-0.1, -0.05) is 34.8 Å². The molecule has 0 N–H and O–H groups in total. The Hall–Kier alpha value is -0.700. The third-order valence-corrected chi connectivity index (χ3v) is 4.99. The Morgan fingerprint density at radius 1 is 1.22 bits per heavy atom.